The Balaban J connectivity index is 2.16. The minimum absolute atomic E-state index is 0.736. The molecule has 0 atom stereocenters. The summed E-state index contributed by atoms with van der Waals surface area (Å²) < 4.78 is 0. The van der Waals surface area contributed by atoms with E-state index in [1.807, 2.05) is 30.3 Å². The predicted octanol–water partition coefficient (Wildman–Crippen LogP) is 3.47. The van der Waals surface area contributed by atoms with Crippen LogP contribution in [-0.4, -0.2) is 11.3 Å². The zero-order valence-electron chi connectivity index (χ0n) is 11.0. The predicted molar refractivity (Wildman–Crippen MR) is 77.8 cm³/mol. The van der Waals surface area contributed by atoms with Crippen molar-refractivity contribution >= 4 is 11.9 Å². The summed E-state index contributed by atoms with van der Waals surface area (Å²) in [6.45, 7) is 2.12. The summed E-state index contributed by atoms with van der Waals surface area (Å²) in [5, 5.41) is 0. The largest absolute Gasteiger partial charge is 0.298 e. The highest BCUT2D eigenvalue weighted by Gasteiger charge is 2.00. The van der Waals surface area contributed by atoms with Gasteiger partial charge in [0.05, 0.1) is 0 Å². The van der Waals surface area contributed by atoms with Crippen LogP contribution < -0.4 is 0 Å². The number of hydrogen-bond donors (Lipinski definition) is 0. The lowest BCUT2D eigenvalue weighted by Crippen LogP contribution is -1.90. The summed E-state index contributed by atoms with van der Waals surface area (Å²) in [6, 6.07) is 12.1. The van der Waals surface area contributed by atoms with Gasteiger partial charge in [-0.05, 0) is 41.7 Å². The Bertz CT molecular complexity index is 556. The SMILES string of the molecule is CCc1ccc(C(C=O)=CCc2ccncc2)cc1. The van der Waals surface area contributed by atoms with E-state index in [1.54, 1.807) is 12.4 Å². The standard InChI is InChI=1S/C17H17NO/c1-2-14-3-6-16(7-4-14)17(13-19)8-5-15-9-11-18-12-10-15/h3-4,6-13H,2,5H2,1H3. The van der Waals surface area contributed by atoms with Crippen LogP contribution in [0.25, 0.3) is 5.57 Å². The number of rotatable bonds is 5. The maximum Gasteiger partial charge on any atom is 0.150 e. The highest BCUT2D eigenvalue weighted by atomic mass is 16.1. The van der Waals surface area contributed by atoms with Crippen molar-refractivity contribution in [1.29, 1.82) is 0 Å². The Hall–Kier alpha value is -2.22. The van der Waals surface area contributed by atoms with E-state index < -0.39 is 0 Å². The van der Waals surface area contributed by atoms with E-state index in [4.69, 9.17) is 0 Å². The van der Waals surface area contributed by atoms with Crippen LogP contribution in [-0.2, 0) is 17.6 Å². The monoisotopic (exact) mass is 251 g/mol. The number of benzene rings is 1. The average molecular weight is 251 g/mol. The number of aryl methyl sites for hydroxylation is 1. The molecule has 1 heterocycles. The molecule has 0 bridgehead atoms. The second-order valence-electron chi connectivity index (χ2n) is 4.39. The van der Waals surface area contributed by atoms with Gasteiger partial charge in [0.15, 0.2) is 0 Å². The molecule has 0 unspecified atom stereocenters. The van der Waals surface area contributed by atoms with Gasteiger partial charge in [-0.1, -0.05) is 37.3 Å². The zero-order chi connectivity index (χ0) is 13.5. The molecule has 0 aliphatic carbocycles. The van der Waals surface area contributed by atoms with Crippen molar-refractivity contribution in [2.45, 2.75) is 19.8 Å². The van der Waals surface area contributed by atoms with Crippen LogP contribution in [0.15, 0.2) is 54.9 Å². The van der Waals surface area contributed by atoms with Crippen LogP contribution in [0.3, 0.4) is 0 Å². The number of carbonyl (C=O) groups is 1. The van der Waals surface area contributed by atoms with Crippen molar-refractivity contribution in [3.05, 3.63) is 71.6 Å². The molecule has 0 amide bonds. The van der Waals surface area contributed by atoms with Crippen molar-refractivity contribution in [3.63, 3.8) is 0 Å². The molecule has 1 aromatic heterocycles. The van der Waals surface area contributed by atoms with Gasteiger partial charge in [0, 0.05) is 18.0 Å². The minimum atomic E-state index is 0.736. The first-order valence-corrected chi connectivity index (χ1v) is 6.47. The molecule has 2 aromatic rings. The number of carbonyl (C=O) groups excluding carboxylic acids is 1. The van der Waals surface area contributed by atoms with E-state index in [0.29, 0.717) is 0 Å². The average Bonchev–Trinajstić information content (AvgIpc) is 2.49. The fourth-order valence-electron chi connectivity index (χ4n) is 1.91. The molecule has 96 valence electrons. The van der Waals surface area contributed by atoms with Gasteiger partial charge >= 0.3 is 0 Å². The van der Waals surface area contributed by atoms with Crippen molar-refractivity contribution < 1.29 is 4.79 Å². The number of allylic oxidation sites excluding steroid dienone is 2. The molecular weight excluding hydrogens is 234 g/mol. The first-order chi connectivity index (χ1) is 9.33. The number of aromatic nitrogens is 1. The molecule has 0 radical (unpaired) electrons. The topological polar surface area (TPSA) is 30.0 Å². The van der Waals surface area contributed by atoms with E-state index in [-0.39, 0.29) is 0 Å². The lowest BCUT2D eigenvalue weighted by atomic mass is 10.0. The van der Waals surface area contributed by atoms with Gasteiger partial charge < -0.3 is 0 Å². The lowest BCUT2D eigenvalue weighted by molar-refractivity contribution is -0.103. The van der Waals surface area contributed by atoms with Gasteiger partial charge in [-0.3, -0.25) is 9.78 Å². The molecule has 1 aromatic carbocycles. The molecule has 2 rings (SSSR count). The van der Waals surface area contributed by atoms with E-state index in [1.165, 1.54) is 5.56 Å². The summed E-state index contributed by atoms with van der Waals surface area (Å²) in [5.41, 5.74) is 4.14. The van der Waals surface area contributed by atoms with Crippen LogP contribution in [0.2, 0.25) is 0 Å². The Kier molecular flexibility index (Phi) is 4.62. The normalized spacial score (nSPS) is 11.3. The number of hydrogen-bond acceptors (Lipinski definition) is 2. The van der Waals surface area contributed by atoms with Gasteiger partial charge in [-0.15, -0.1) is 0 Å². The van der Waals surface area contributed by atoms with Crippen LogP contribution >= 0.6 is 0 Å². The molecular formula is C17H17NO. The maximum absolute atomic E-state index is 11.2. The molecule has 2 heteroatoms. The van der Waals surface area contributed by atoms with Crippen molar-refractivity contribution in [1.82, 2.24) is 4.98 Å². The Morgan fingerprint density at radius 2 is 1.74 bits per heavy atom. The molecule has 0 aliphatic heterocycles. The van der Waals surface area contributed by atoms with Crippen molar-refractivity contribution in [3.8, 4) is 0 Å². The molecule has 0 spiro atoms. The smallest absolute Gasteiger partial charge is 0.150 e. The molecule has 0 N–H and O–H groups in total. The van der Waals surface area contributed by atoms with Crippen LogP contribution in [0.4, 0.5) is 0 Å². The molecule has 0 aliphatic rings. The Labute approximate surface area is 113 Å². The molecule has 2 nitrogen and oxygen atoms in total. The number of pyridine rings is 1. The minimum Gasteiger partial charge on any atom is -0.298 e. The molecule has 0 fully saturated rings. The van der Waals surface area contributed by atoms with Crippen molar-refractivity contribution in [2.75, 3.05) is 0 Å². The second-order valence-corrected chi connectivity index (χ2v) is 4.39. The summed E-state index contributed by atoms with van der Waals surface area (Å²) >= 11 is 0. The molecule has 0 saturated heterocycles. The molecule has 19 heavy (non-hydrogen) atoms. The van der Waals surface area contributed by atoms with Crippen LogP contribution in [0.1, 0.15) is 23.6 Å². The zero-order valence-corrected chi connectivity index (χ0v) is 11.0. The van der Waals surface area contributed by atoms with Crippen LogP contribution in [0, 0.1) is 0 Å². The summed E-state index contributed by atoms with van der Waals surface area (Å²) in [4.78, 5) is 15.2. The highest BCUT2D eigenvalue weighted by molar-refractivity contribution is 6.06. The summed E-state index contributed by atoms with van der Waals surface area (Å²) in [7, 11) is 0. The Morgan fingerprint density at radius 3 is 2.32 bits per heavy atom. The Morgan fingerprint density at radius 1 is 1.05 bits per heavy atom. The first kappa shape index (κ1) is 13.2. The van der Waals surface area contributed by atoms with Gasteiger partial charge in [0.1, 0.15) is 6.29 Å². The second kappa shape index (κ2) is 6.64. The third kappa shape index (κ3) is 3.62. The molecule has 0 saturated carbocycles. The summed E-state index contributed by atoms with van der Waals surface area (Å²) in [6.07, 6.45) is 8.16. The number of aldehydes is 1. The third-order valence-corrected chi connectivity index (χ3v) is 3.13. The van der Waals surface area contributed by atoms with Gasteiger partial charge in [-0.25, -0.2) is 0 Å². The van der Waals surface area contributed by atoms with Gasteiger partial charge in [0.2, 0.25) is 0 Å². The van der Waals surface area contributed by atoms with E-state index in [9.17, 15) is 4.79 Å². The van der Waals surface area contributed by atoms with Crippen molar-refractivity contribution in [2.24, 2.45) is 0 Å². The van der Waals surface area contributed by atoms with Gasteiger partial charge in [0.25, 0.3) is 0 Å². The van der Waals surface area contributed by atoms with E-state index in [0.717, 1.165) is 35.8 Å². The maximum atomic E-state index is 11.2. The van der Waals surface area contributed by atoms with E-state index >= 15 is 0 Å². The third-order valence-electron chi connectivity index (χ3n) is 3.13. The quantitative estimate of drug-likeness (QED) is 0.601. The lowest BCUT2D eigenvalue weighted by Gasteiger charge is -2.03. The summed E-state index contributed by atoms with van der Waals surface area (Å²) in [5.74, 6) is 0. The van der Waals surface area contributed by atoms with E-state index in [2.05, 4.69) is 24.0 Å². The first-order valence-electron chi connectivity index (χ1n) is 6.47. The van der Waals surface area contributed by atoms with Gasteiger partial charge in [-0.2, -0.15) is 0 Å². The fourth-order valence-corrected chi connectivity index (χ4v) is 1.91. The highest BCUT2D eigenvalue weighted by Crippen LogP contribution is 2.15. The number of nitrogens with zero attached hydrogens (tertiary/aromatic N) is 1. The fraction of sp³-hybridized carbons (Fsp3) is 0.176. The van der Waals surface area contributed by atoms with Crippen LogP contribution in [0.5, 0.6) is 0 Å².